The molecule has 11 atom stereocenters. The van der Waals surface area contributed by atoms with Crippen LogP contribution in [0.1, 0.15) is 73.6 Å². The molecule has 5 rings (SSSR count). The summed E-state index contributed by atoms with van der Waals surface area (Å²) in [7, 11) is 0. The second-order valence-electron chi connectivity index (χ2n) is 12.4. The first-order valence-electron chi connectivity index (χ1n) is 13.6. The van der Waals surface area contributed by atoms with Crippen molar-refractivity contribution < 1.29 is 47.7 Å². The lowest BCUT2D eigenvalue weighted by molar-refractivity contribution is -0.359. The number of hydrogen-bond donors (Lipinski definition) is 0. The quantitative estimate of drug-likeness (QED) is 0.392. The Kier molecular flexibility index (Phi) is 6.44. The normalized spacial score (nSPS) is 46.7. The zero-order valence-corrected chi connectivity index (χ0v) is 22.9. The summed E-state index contributed by atoms with van der Waals surface area (Å²) in [5.41, 5.74) is -2.75. The molecule has 4 aliphatic carbocycles. The highest BCUT2D eigenvalue weighted by Gasteiger charge is 2.83. The number of fused-ring (bicyclic) bond motifs is 1. The van der Waals surface area contributed by atoms with Gasteiger partial charge in [0.2, 0.25) is 6.29 Å². The molecule has 4 bridgehead atoms. The fourth-order valence-electron chi connectivity index (χ4n) is 9.49. The predicted molar refractivity (Wildman–Crippen MR) is 129 cm³/mol. The van der Waals surface area contributed by atoms with Crippen molar-refractivity contribution in [3.05, 3.63) is 0 Å². The van der Waals surface area contributed by atoms with Gasteiger partial charge in [0, 0.05) is 50.9 Å². The number of carbonyl (C=O) groups excluding carboxylic acids is 5. The topological polar surface area (TPSA) is 132 Å². The van der Waals surface area contributed by atoms with Crippen molar-refractivity contribution in [3.8, 4) is 0 Å². The van der Waals surface area contributed by atoms with Gasteiger partial charge in [-0.3, -0.25) is 24.0 Å². The summed E-state index contributed by atoms with van der Waals surface area (Å²) in [5, 5.41) is 0. The summed E-state index contributed by atoms with van der Waals surface area (Å²) in [6, 6.07) is 0. The third-order valence-corrected chi connectivity index (χ3v) is 10.3. The van der Waals surface area contributed by atoms with Crippen LogP contribution in [0.15, 0.2) is 0 Å². The minimum atomic E-state index is -1.48. The molecule has 0 aromatic rings. The molecule has 5 fully saturated rings. The van der Waals surface area contributed by atoms with E-state index in [1.54, 1.807) is 6.92 Å². The minimum Gasteiger partial charge on any atom is -0.462 e. The number of rotatable bonds is 4. The summed E-state index contributed by atoms with van der Waals surface area (Å²) < 4.78 is 30.1. The third kappa shape index (κ3) is 3.58. The van der Waals surface area contributed by atoms with Crippen LogP contribution in [0.25, 0.3) is 0 Å². The molecule has 38 heavy (non-hydrogen) atoms. The lowest BCUT2D eigenvalue weighted by atomic mass is 9.37. The van der Waals surface area contributed by atoms with E-state index in [4.69, 9.17) is 23.7 Å². The second-order valence-corrected chi connectivity index (χ2v) is 12.4. The molecule has 0 aromatic carbocycles. The first-order chi connectivity index (χ1) is 17.8. The molecule has 1 saturated heterocycles. The van der Waals surface area contributed by atoms with Crippen LogP contribution in [0.4, 0.5) is 0 Å². The fraction of sp³-hybridized carbons (Fsp3) is 0.821. The zero-order chi connectivity index (χ0) is 27.8. The first kappa shape index (κ1) is 27.1. The Labute approximate surface area is 222 Å². The average Bonchev–Trinajstić information content (AvgIpc) is 2.91. The molecule has 4 saturated carbocycles. The maximum atomic E-state index is 14.5. The van der Waals surface area contributed by atoms with Crippen molar-refractivity contribution >= 4 is 29.7 Å². The maximum absolute atomic E-state index is 14.5. The molecule has 10 heteroatoms. The van der Waals surface area contributed by atoms with Crippen LogP contribution in [0.5, 0.6) is 0 Å². The number of esters is 4. The van der Waals surface area contributed by atoms with Crippen molar-refractivity contribution in [3.63, 3.8) is 0 Å². The van der Waals surface area contributed by atoms with Crippen LogP contribution in [0.2, 0.25) is 0 Å². The zero-order valence-electron chi connectivity index (χ0n) is 22.9. The van der Waals surface area contributed by atoms with Gasteiger partial charge in [-0.2, -0.15) is 0 Å². The van der Waals surface area contributed by atoms with Crippen molar-refractivity contribution in [1.82, 2.24) is 0 Å². The number of ether oxygens (including phenoxy) is 5. The summed E-state index contributed by atoms with van der Waals surface area (Å²) >= 11 is 0. The molecular weight excluding hydrogens is 496 g/mol. The van der Waals surface area contributed by atoms with Crippen molar-refractivity contribution in [2.45, 2.75) is 98.2 Å². The van der Waals surface area contributed by atoms with E-state index in [0.717, 1.165) is 12.8 Å². The summed E-state index contributed by atoms with van der Waals surface area (Å²) in [6.45, 7) is 9.49. The highest BCUT2D eigenvalue weighted by atomic mass is 16.7. The van der Waals surface area contributed by atoms with Crippen LogP contribution >= 0.6 is 0 Å². The number of ketones is 1. The Morgan fingerprint density at radius 2 is 1.50 bits per heavy atom. The van der Waals surface area contributed by atoms with E-state index in [-0.39, 0.29) is 17.1 Å². The van der Waals surface area contributed by atoms with Crippen molar-refractivity contribution in [2.75, 3.05) is 6.61 Å². The highest BCUT2D eigenvalue weighted by molar-refractivity contribution is 5.93. The van der Waals surface area contributed by atoms with Gasteiger partial charge in [-0.15, -0.1) is 0 Å². The van der Waals surface area contributed by atoms with E-state index in [2.05, 4.69) is 6.92 Å². The molecular formula is C28H38O10. The lowest BCUT2D eigenvalue weighted by Gasteiger charge is -2.70. The molecule has 0 radical (unpaired) electrons. The first-order valence-corrected chi connectivity index (χ1v) is 13.6. The Bertz CT molecular complexity index is 1070. The van der Waals surface area contributed by atoms with E-state index >= 15 is 0 Å². The second kappa shape index (κ2) is 9.03. The smallest absolute Gasteiger partial charge is 0.304 e. The number of hydrogen-bond acceptors (Lipinski definition) is 10. The molecule has 1 heterocycles. The van der Waals surface area contributed by atoms with E-state index in [0.29, 0.717) is 25.9 Å². The molecule has 0 aromatic heterocycles. The third-order valence-electron chi connectivity index (χ3n) is 10.3. The minimum absolute atomic E-state index is 0.168. The molecule has 1 aliphatic heterocycles. The largest absolute Gasteiger partial charge is 0.462 e. The van der Waals surface area contributed by atoms with Crippen LogP contribution in [-0.4, -0.2) is 60.9 Å². The Morgan fingerprint density at radius 3 is 2.11 bits per heavy atom. The van der Waals surface area contributed by atoms with E-state index in [1.807, 2.05) is 0 Å². The monoisotopic (exact) mass is 534 g/mol. The Hall–Kier alpha value is -2.49. The van der Waals surface area contributed by atoms with Crippen LogP contribution in [0.3, 0.4) is 0 Å². The van der Waals surface area contributed by atoms with Crippen LogP contribution in [-0.2, 0) is 47.7 Å². The molecule has 0 amide bonds. The standard InChI is InChI=1S/C28H38O10/c1-13-18-10-19(35-14(2)29)22-27-9-7-8-26(6,12-34-25(27)38-17(5)32)20(27)11-21(36-15(3)30)28(22,23(13)33)24(18)37-16(4)31/h13,18-22,24-25H,7-12H2,1-6H3. The van der Waals surface area contributed by atoms with Gasteiger partial charge in [0.25, 0.3) is 0 Å². The molecule has 5 aliphatic rings. The molecule has 210 valence electrons. The molecule has 0 N–H and O–H groups in total. The Balaban J connectivity index is 1.81. The van der Waals surface area contributed by atoms with Gasteiger partial charge in [-0.05, 0) is 37.0 Å². The van der Waals surface area contributed by atoms with Gasteiger partial charge in [0.1, 0.15) is 29.5 Å². The molecule has 11 unspecified atom stereocenters. The van der Waals surface area contributed by atoms with Gasteiger partial charge in [-0.25, -0.2) is 0 Å². The van der Waals surface area contributed by atoms with E-state index in [1.165, 1.54) is 27.7 Å². The number of Topliss-reactive ketones (excluding diaryl/α,β-unsaturated/α-hetero) is 1. The van der Waals surface area contributed by atoms with Gasteiger partial charge >= 0.3 is 23.9 Å². The SMILES string of the molecule is CC(=O)OC1CC2C(C)C(=O)C3(C(OC(C)=O)CC4C5(C)CCCC4(C(OC(C)=O)OC5)C13)C2OC(C)=O. The highest BCUT2D eigenvalue weighted by Crippen LogP contribution is 2.75. The van der Waals surface area contributed by atoms with Gasteiger partial charge in [0.15, 0.2) is 0 Å². The lowest BCUT2D eigenvalue weighted by Crippen LogP contribution is -2.76. The number of carbonyl (C=O) groups is 5. The van der Waals surface area contributed by atoms with E-state index < -0.39 is 77.1 Å². The average molecular weight is 535 g/mol. The fourth-order valence-corrected chi connectivity index (χ4v) is 9.49. The molecule has 10 nitrogen and oxygen atoms in total. The maximum Gasteiger partial charge on any atom is 0.304 e. The predicted octanol–water partition coefficient (Wildman–Crippen LogP) is 2.74. The van der Waals surface area contributed by atoms with Crippen molar-refractivity contribution in [2.24, 2.45) is 39.9 Å². The molecule has 1 spiro atoms. The van der Waals surface area contributed by atoms with Gasteiger partial charge < -0.3 is 23.7 Å². The van der Waals surface area contributed by atoms with Crippen LogP contribution in [0, 0.1) is 39.9 Å². The summed E-state index contributed by atoms with van der Waals surface area (Å²) in [6.07, 6.45) is -0.719. The van der Waals surface area contributed by atoms with Gasteiger partial charge in [0.05, 0.1) is 6.61 Å². The Morgan fingerprint density at radius 1 is 0.868 bits per heavy atom. The summed E-state index contributed by atoms with van der Waals surface area (Å²) in [4.78, 5) is 64.3. The van der Waals surface area contributed by atoms with Gasteiger partial charge in [-0.1, -0.05) is 20.3 Å². The van der Waals surface area contributed by atoms with Crippen molar-refractivity contribution in [1.29, 1.82) is 0 Å². The van der Waals surface area contributed by atoms with Crippen LogP contribution < -0.4 is 0 Å². The van der Waals surface area contributed by atoms with E-state index in [9.17, 15) is 24.0 Å². The summed E-state index contributed by atoms with van der Waals surface area (Å²) in [5.74, 6) is -4.17.